The Morgan fingerprint density at radius 1 is 0.875 bits per heavy atom. The number of ether oxygens (including phenoxy) is 1. The Kier molecular flexibility index (Phi) is 6.14. The first kappa shape index (κ1) is 21.1. The second-order valence-corrected chi connectivity index (χ2v) is 7.67. The van der Waals surface area contributed by atoms with E-state index in [0.717, 1.165) is 34.5 Å². The van der Waals surface area contributed by atoms with Crippen LogP contribution in [0.4, 0.5) is 5.13 Å². The van der Waals surface area contributed by atoms with Crippen LogP contribution < -0.4 is 5.32 Å². The van der Waals surface area contributed by atoms with Gasteiger partial charge in [-0.05, 0) is 29.3 Å². The van der Waals surface area contributed by atoms with Crippen molar-refractivity contribution < 1.29 is 24.5 Å². The summed E-state index contributed by atoms with van der Waals surface area (Å²) in [4.78, 5) is 28.5. The van der Waals surface area contributed by atoms with Gasteiger partial charge in [0.2, 0.25) is 0 Å². The van der Waals surface area contributed by atoms with Crippen molar-refractivity contribution in [2.75, 3.05) is 11.9 Å². The van der Waals surface area contributed by atoms with Crippen LogP contribution in [0.2, 0.25) is 0 Å². The number of benzene rings is 3. The number of phenolic OH excluding ortho intramolecular Hbond substituents is 2. The molecule has 32 heavy (non-hydrogen) atoms. The smallest absolute Gasteiger partial charge is 0.338 e. The number of nitrogens with one attached hydrogen (secondary N) is 1. The zero-order valence-corrected chi connectivity index (χ0v) is 17.5. The Hall–Kier alpha value is -4.17. The molecular formula is C24H18N2O5S. The van der Waals surface area contributed by atoms with Crippen molar-refractivity contribution in [3.8, 4) is 33.9 Å². The third-order valence-corrected chi connectivity index (χ3v) is 5.34. The van der Waals surface area contributed by atoms with E-state index < -0.39 is 24.2 Å². The number of esters is 1. The number of hydrogen-bond donors (Lipinski definition) is 3. The number of nitrogens with zero attached hydrogens (tertiary/aromatic N) is 1. The van der Waals surface area contributed by atoms with Gasteiger partial charge in [0.05, 0.1) is 11.3 Å². The van der Waals surface area contributed by atoms with Crippen molar-refractivity contribution in [2.45, 2.75) is 0 Å². The molecule has 1 heterocycles. The molecule has 0 aliphatic rings. The molecule has 7 nitrogen and oxygen atoms in total. The molecule has 0 saturated carbocycles. The van der Waals surface area contributed by atoms with Crippen LogP contribution >= 0.6 is 11.3 Å². The Morgan fingerprint density at radius 3 is 2.28 bits per heavy atom. The monoisotopic (exact) mass is 446 g/mol. The second kappa shape index (κ2) is 9.32. The molecule has 0 bridgehead atoms. The van der Waals surface area contributed by atoms with E-state index in [2.05, 4.69) is 10.3 Å². The van der Waals surface area contributed by atoms with Gasteiger partial charge in [-0.25, -0.2) is 9.78 Å². The largest absolute Gasteiger partial charge is 0.504 e. The normalized spacial score (nSPS) is 10.5. The van der Waals surface area contributed by atoms with Crippen LogP contribution in [0.15, 0.2) is 78.2 Å². The number of aromatic hydroxyl groups is 2. The van der Waals surface area contributed by atoms with Crippen LogP contribution in [0.1, 0.15) is 10.4 Å². The lowest BCUT2D eigenvalue weighted by atomic mass is 10.0. The van der Waals surface area contributed by atoms with Crippen molar-refractivity contribution >= 4 is 28.3 Å². The lowest BCUT2D eigenvalue weighted by molar-refractivity contribution is -0.119. The van der Waals surface area contributed by atoms with Crippen molar-refractivity contribution in [3.05, 3.63) is 83.7 Å². The summed E-state index contributed by atoms with van der Waals surface area (Å²) in [5.74, 6) is -2.14. The van der Waals surface area contributed by atoms with Gasteiger partial charge in [0.1, 0.15) is 0 Å². The maximum Gasteiger partial charge on any atom is 0.338 e. The Balaban J connectivity index is 1.34. The van der Waals surface area contributed by atoms with Crippen molar-refractivity contribution in [1.29, 1.82) is 0 Å². The molecule has 1 aromatic heterocycles. The fourth-order valence-corrected chi connectivity index (χ4v) is 3.68. The Bertz CT molecular complexity index is 1250. The zero-order chi connectivity index (χ0) is 22.5. The number of carbonyl (C=O) groups excluding carboxylic acids is 2. The highest BCUT2D eigenvalue weighted by Gasteiger charge is 2.14. The minimum absolute atomic E-state index is 0.0172. The van der Waals surface area contributed by atoms with E-state index in [9.17, 15) is 19.8 Å². The predicted molar refractivity (Wildman–Crippen MR) is 122 cm³/mol. The van der Waals surface area contributed by atoms with E-state index >= 15 is 0 Å². The molecule has 0 atom stereocenters. The summed E-state index contributed by atoms with van der Waals surface area (Å²) >= 11 is 1.26. The molecule has 0 aliphatic carbocycles. The number of amides is 1. The van der Waals surface area contributed by atoms with Gasteiger partial charge >= 0.3 is 5.97 Å². The fraction of sp³-hybridized carbons (Fsp3) is 0.0417. The first-order valence-corrected chi connectivity index (χ1v) is 10.5. The molecule has 4 aromatic rings. The molecule has 3 N–H and O–H groups in total. The third kappa shape index (κ3) is 4.93. The minimum atomic E-state index is -0.797. The lowest BCUT2D eigenvalue weighted by Gasteiger charge is -2.06. The summed E-state index contributed by atoms with van der Waals surface area (Å²) in [5, 5.41) is 23.5. The van der Waals surface area contributed by atoms with Crippen LogP contribution in [0.25, 0.3) is 22.4 Å². The van der Waals surface area contributed by atoms with Crippen molar-refractivity contribution in [2.24, 2.45) is 0 Å². The van der Waals surface area contributed by atoms with E-state index in [1.807, 2.05) is 60.0 Å². The molecule has 0 saturated heterocycles. The van der Waals surface area contributed by atoms with Gasteiger partial charge < -0.3 is 14.9 Å². The van der Waals surface area contributed by atoms with E-state index in [1.165, 1.54) is 17.4 Å². The highest BCUT2D eigenvalue weighted by Crippen LogP contribution is 2.28. The van der Waals surface area contributed by atoms with E-state index in [-0.39, 0.29) is 11.3 Å². The Labute approximate surface area is 187 Å². The first-order chi connectivity index (χ1) is 15.5. The molecule has 1 amide bonds. The van der Waals surface area contributed by atoms with Crippen molar-refractivity contribution in [3.63, 3.8) is 0 Å². The molecule has 4 rings (SSSR count). The molecule has 0 unspecified atom stereocenters. The van der Waals surface area contributed by atoms with Crippen LogP contribution in [0, 0.1) is 0 Å². The standard InChI is InChI=1S/C24H18N2O5S/c27-20-11-10-18(12-21(20)28)23(30)31-13-22(29)26-24-25-19(14-32-24)17-8-6-16(7-9-17)15-4-2-1-3-5-15/h1-12,14,27-28H,13H2,(H,25,26,29). The van der Waals surface area contributed by atoms with Gasteiger partial charge in [0, 0.05) is 10.9 Å². The molecule has 3 aromatic carbocycles. The summed E-state index contributed by atoms with van der Waals surface area (Å²) in [5.41, 5.74) is 3.88. The van der Waals surface area contributed by atoms with E-state index in [4.69, 9.17) is 4.74 Å². The zero-order valence-electron chi connectivity index (χ0n) is 16.7. The maximum atomic E-state index is 12.1. The molecular weight excluding hydrogens is 428 g/mol. The van der Waals surface area contributed by atoms with E-state index in [1.54, 1.807) is 0 Å². The van der Waals surface area contributed by atoms with Gasteiger partial charge in [0.25, 0.3) is 5.91 Å². The number of anilines is 1. The molecule has 8 heteroatoms. The van der Waals surface area contributed by atoms with Gasteiger partial charge in [-0.1, -0.05) is 54.6 Å². The van der Waals surface area contributed by atoms with Crippen LogP contribution in [0.5, 0.6) is 11.5 Å². The average Bonchev–Trinajstić information content (AvgIpc) is 3.28. The number of carbonyl (C=O) groups is 2. The number of hydrogen-bond acceptors (Lipinski definition) is 7. The quantitative estimate of drug-likeness (QED) is 0.293. The SMILES string of the molecule is O=C(COC(=O)c1ccc(O)c(O)c1)Nc1nc(-c2ccc(-c3ccccc3)cc2)cs1. The highest BCUT2D eigenvalue weighted by atomic mass is 32.1. The van der Waals surface area contributed by atoms with Gasteiger partial charge in [-0.15, -0.1) is 11.3 Å². The fourth-order valence-electron chi connectivity index (χ4n) is 2.95. The first-order valence-electron chi connectivity index (χ1n) is 9.60. The Morgan fingerprint density at radius 2 is 1.56 bits per heavy atom. The summed E-state index contributed by atoms with van der Waals surface area (Å²) in [7, 11) is 0. The van der Waals surface area contributed by atoms with Gasteiger partial charge in [0.15, 0.2) is 23.2 Å². The molecule has 0 aliphatic heterocycles. The number of rotatable bonds is 6. The minimum Gasteiger partial charge on any atom is -0.504 e. The van der Waals surface area contributed by atoms with E-state index in [0.29, 0.717) is 5.13 Å². The maximum absolute atomic E-state index is 12.1. The topological polar surface area (TPSA) is 109 Å². The van der Waals surface area contributed by atoms with Crippen LogP contribution in [0.3, 0.4) is 0 Å². The highest BCUT2D eigenvalue weighted by molar-refractivity contribution is 7.14. The number of aromatic nitrogens is 1. The molecule has 0 fully saturated rings. The number of phenols is 2. The summed E-state index contributed by atoms with van der Waals surface area (Å²) in [6.45, 7) is -0.513. The predicted octanol–water partition coefficient (Wildman–Crippen LogP) is 4.68. The molecule has 0 spiro atoms. The summed E-state index contributed by atoms with van der Waals surface area (Å²) in [6.07, 6.45) is 0. The molecule has 160 valence electrons. The lowest BCUT2D eigenvalue weighted by Crippen LogP contribution is -2.20. The number of thiazole rings is 1. The van der Waals surface area contributed by atoms with Crippen LogP contribution in [-0.2, 0) is 9.53 Å². The van der Waals surface area contributed by atoms with Gasteiger partial charge in [-0.3, -0.25) is 10.1 Å². The van der Waals surface area contributed by atoms with Crippen LogP contribution in [-0.4, -0.2) is 33.7 Å². The third-order valence-electron chi connectivity index (χ3n) is 4.58. The second-order valence-electron chi connectivity index (χ2n) is 6.81. The summed E-state index contributed by atoms with van der Waals surface area (Å²) in [6, 6.07) is 21.5. The molecule has 0 radical (unpaired) electrons. The van der Waals surface area contributed by atoms with Crippen molar-refractivity contribution in [1.82, 2.24) is 4.98 Å². The van der Waals surface area contributed by atoms with Gasteiger partial charge in [-0.2, -0.15) is 0 Å². The summed E-state index contributed by atoms with van der Waals surface area (Å²) < 4.78 is 4.94. The average molecular weight is 446 g/mol.